The number of nitrogens with one attached hydrogen (secondary N) is 1. The van der Waals surface area contributed by atoms with Crippen molar-refractivity contribution in [2.75, 3.05) is 5.75 Å². The van der Waals surface area contributed by atoms with Gasteiger partial charge in [0.25, 0.3) is 0 Å². The molecule has 1 N–H and O–H groups in total. The highest BCUT2D eigenvalue weighted by molar-refractivity contribution is 8.14. The Kier molecular flexibility index (Phi) is 4.29. The number of thioether (sulfide) groups is 1. The summed E-state index contributed by atoms with van der Waals surface area (Å²) in [6.07, 6.45) is 3.10. The number of amidine groups is 1. The summed E-state index contributed by atoms with van der Waals surface area (Å²) in [7, 11) is 1.95. The Balaban J connectivity index is 1.57. The maximum Gasteiger partial charge on any atom is 0.157 e. The summed E-state index contributed by atoms with van der Waals surface area (Å²) < 4.78 is 1.85. The maximum atomic E-state index is 4.67. The van der Waals surface area contributed by atoms with E-state index in [4.69, 9.17) is 0 Å². The molecule has 110 valence electrons. The van der Waals surface area contributed by atoms with Gasteiger partial charge in [0.15, 0.2) is 5.17 Å². The van der Waals surface area contributed by atoms with Gasteiger partial charge in [0.05, 0.1) is 12.2 Å². The summed E-state index contributed by atoms with van der Waals surface area (Å²) in [5, 5.41) is 8.92. The molecule has 0 aliphatic carbocycles. The van der Waals surface area contributed by atoms with E-state index < -0.39 is 0 Å². The van der Waals surface area contributed by atoms with Crippen molar-refractivity contribution in [3.05, 3.63) is 53.3 Å². The number of rotatable bonds is 4. The highest BCUT2D eigenvalue weighted by Gasteiger charge is 2.20. The van der Waals surface area contributed by atoms with Gasteiger partial charge in [-0.25, -0.2) is 0 Å². The van der Waals surface area contributed by atoms with E-state index in [9.17, 15) is 0 Å². The molecule has 1 aromatic heterocycles. The first-order valence-electron chi connectivity index (χ1n) is 7.17. The molecule has 1 unspecified atom stereocenters. The fraction of sp³-hybridized carbons (Fsp3) is 0.375. The van der Waals surface area contributed by atoms with Gasteiger partial charge in [-0.1, -0.05) is 42.1 Å². The van der Waals surface area contributed by atoms with Crippen LogP contribution in [0.25, 0.3) is 0 Å². The predicted molar refractivity (Wildman–Crippen MR) is 88.6 cm³/mol. The van der Waals surface area contributed by atoms with Crippen LogP contribution in [-0.2, 0) is 20.0 Å². The van der Waals surface area contributed by atoms with Gasteiger partial charge in [-0.15, -0.1) is 0 Å². The third-order valence-electron chi connectivity index (χ3n) is 3.58. The van der Waals surface area contributed by atoms with E-state index in [2.05, 4.69) is 45.7 Å². The van der Waals surface area contributed by atoms with Crippen LogP contribution in [0.5, 0.6) is 0 Å². The molecule has 1 atom stereocenters. The van der Waals surface area contributed by atoms with E-state index in [1.54, 1.807) is 0 Å². The van der Waals surface area contributed by atoms with Crippen LogP contribution >= 0.6 is 11.8 Å². The van der Waals surface area contributed by atoms with Crippen LogP contribution in [0.15, 0.2) is 41.5 Å². The van der Waals surface area contributed by atoms with E-state index in [1.165, 1.54) is 11.1 Å². The molecule has 1 saturated heterocycles. The molecule has 2 aromatic rings. The summed E-state index contributed by atoms with van der Waals surface area (Å²) in [5.74, 6) is 1.08. The zero-order chi connectivity index (χ0) is 14.7. The van der Waals surface area contributed by atoms with Crippen LogP contribution in [0.3, 0.4) is 0 Å². The van der Waals surface area contributed by atoms with Crippen LogP contribution in [0, 0.1) is 6.92 Å². The average Bonchev–Trinajstić information content (AvgIpc) is 3.04. The fourth-order valence-corrected chi connectivity index (χ4v) is 3.46. The molecule has 4 nitrogen and oxygen atoms in total. The van der Waals surface area contributed by atoms with Crippen molar-refractivity contribution in [3.8, 4) is 0 Å². The normalized spacial score (nSPS) is 19.9. The van der Waals surface area contributed by atoms with E-state index in [-0.39, 0.29) is 0 Å². The van der Waals surface area contributed by atoms with Gasteiger partial charge >= 0.3 is 0 Å². The lowest BCUT2D eigenvalue weighted by molar-refractivity contribution is 0.686. The van der Waals surface area contributed by atoms with Gasteiger partial charge in [0.2, 0.25) is 0 Å². The smallest absolute Gasteiger partial charge is 0.157 e. The Morgan fingerprint density at radius 2 is 2.19 bits per heavy atom. The summed E-state index contributed by atoms with van der Waals surface area (Å²) >= 11 is 1.81. The molecule has 0 radical (unpaired) electrons. The number of aliphatic imine (C=N–C) groups is 1. The lowest BCUT2D eigenvalue weighted by Crippen LogP contribution is -2.29. The number of benzene rings is 1. The second-order valence-electron chi connectivity index (χ2n) is 5.38. The second-order valence-corrected chi connectivity index (χ2v) is 6.39. The molecule has 0 saturated carbocycles. The van der Waals surface area contributed by atoms with Crippen LogP contribution in [0.4, 0.5) is 0 Å². The van der Waals surface area contributed by atoms with Crippen LogP contribution in [0.2, 0.25) is 0 Å². The minimum absolute atomic E-state index is 0.478. The summed E-state index contributed by atoms with van der Waals surface area (Å²) in [5.41, 5.74) is 3.63. The molecule has 0 amide bonds. The van der Waals surface area contributed by atoms with Gasteiger partial charge in [-0.2, -0.15) is 5.10 Å². The first kappa shape index (κ1) is 14.2. The largest absolute Gasteiger partial charge is 0.361 e. The number of aromatic nitrogens is 2. The van der Waals surface area contributed by atoms with Crippen molar-refractivity contribution in [3.63, 3.8) is 0 Å². The minimum Gasteiger partial charge on any atom is -0.361 e. The minimum atomic E-state index is 0.478. The summed E-state index contributed by atoms with van der Waals surface area (Å²) in [6.45, 7) is 2.73. The standard InChI is InChI=1S/C16H20N4S/c1-12-14(10-20(2)19-12)9-17-16-18-15(11-21-16)8-13-6-4-3-5-7-13/h3-7,10,15H,8-9,11H2,1-2H3,(H,17,18). The van der Waals surface area contributed by atoms with E-state index >= 15 is 0 Å². The fourth-order valence-electron chi connectivity index (χ4n) is 2.50. The van der Waals surface area contributed by atoms with Crippen molar-refractivity contribution in [2.24, 2.45) is 12.0 Å². The Morgan fingerprint density at radius 1 is 1.38 bits per heavy atom. The van der Waals surface area contributed by atoms with Gasteiger partial charge < -0.3 is 5.32 Å². The first-order chi connectivity index (χ1) is 10.2. The number of hydrogen-bond donors (Lipinski definition) is 1. The molecule has 0 spiro atoms. The maximum absolute atomic E-state index is 4.67. The molecule has 5 heteroatoms. The van der Waals surface area contributed by atoms with Crippen LogP contribution in [0.1, 0.15) is 16.8 Å². The Labute approximate surface area is 129 Å². The van der Waals surface area contributed by atoms with E-state index in [0.29, 0.717) is 12.6 Å². The first-order valence-corrected chi connectivity index (χ1v) is 8.16. The van der Waals surface area contributed by atoms with Gasteiger partial charge in [0.1, 0.15) is 0 Å². The van der Waals surface area contributed by atoms with Crippen molar-refractivity contribution in [2.45, 2.75) is 25.9 Å². The van der Waals surface area contributed by atoms with Crippen molar-refractivity contribution >= 4 is 16.9 Å². The molecule has 1 aliphatic heterocycles. The molecule has 1 fully saturated rings. The zero-order valence-electron chi connectivity index (χ0n) is 12.4. The van der Waals surface area contributed by atoms with Crippen molar-refractivity contribution in [1.29, 1.82) is 0 Å². The predicted octanol–water partition coefficient (Wildman–Crippen LogP) is 2.53. The van der Waals surface area contributed by atoms with Crippen LogP contribution in [-0.4, -0.2) is 26.7 Å². The number of hydrogen-bond acceptors (Lipinski definition) is 3. The Bertz CT molecular complexity index is 633. The molecule has 0 bridgehead atoms. The second kappa shape index (κ2) is 6.35. The molecule has 1 aromatic carbocycles. The van der Waals surface area contributed by atoms with Crippen molar-refractivity contribution < 1.29 is 0 Å². The molecule has 3 rings (SSSR count). The molecular formula is C16H20N4S. The van der Waals surface area contributed by atoms with Gasteiger partial charge in [-0.05, 0) is 18.9 Å². The molecule has 21 heavy (non-hydrogen) atoms. The lowest BCUT2D eigenvalue weighted by Gasteiger charge is -2.09. The van der Waals surface area contributed by atoms with Crippen molar-refractivity contribution in [1.82, 2.24) is 15.1 Å². The Morgan fingerprint density at radius 3 is 2.90 bits per heavy atom. The third-order valence-corrected chi connectivity index (χ3v) is 4.67. The highest BCUT2D eigenvalue weighted by Crippen LogP contribution is 2.18. The highest BCUT2D eigenvalue weighted by atomic mass is 32.2. The van der Waals surface area contributed by atoms with Gasteiger partial charge in [0, 0.05) is 30.6 Å². The monoisotopic (exact) mass is 300 g/mol. The topological polar surface area (TPSA) is 42.2 Å². The average molecular weight is 300 g/mol. The zero-order valence-corrected chi connectivity index (χ0v) is 13.2. The number of nitrogens with zero attached hydrogens (tertiary/aromatic N) is 3. The van der Waals surface area contributed by atoms with E-state index in [1.807, 2.05) is 36.6 Å². The third kappa shape index (κ3) is 3.67. The van der Waals surface area contributed by atoms with Crippen LogP contribution < -0.4 is 5.32 Å². The molecule has 2 heterocycles. The number of aryl methyl sites for hydroxylation is 2. The lowest BCUT2D eigenvalue weighted by atomic mass is 10.1. The summed E-state index contributed by atoms with van der Waals surface area (Å²) in [4.78, 5) is 4.67. The molecule has 1 aliphatic rings. The Hall–Kier alpha value is -1.75. The molecular weight excluding hydrogens is 280 g/mol. The van der Waals surface area contributed by atoms with Gasteiger partial charge in [-0.3, -0.25) is 9.67 Å². The van der Waals surface area contributed by atoms with E-state index in [0.717, 1.165) is 23.0 Å². The summed E-state index contributed by atoms with van der Waals surface area (Å²) in [6, 6.07) is 11.1. The quantitative estimate of drug-likeness (QED) is 0.943. The SMILES string of the molecule is Cc1nn(C)cc1CN=C1NC(Cc2ccccc2)CS1.